The lowest BCUT2D eigenvalue weighted by molar-refractivity contribution is 0.148. The summed E-state index contributed by atoms with van der Waals surface area (Å²) in [6.07, 6.45) is 3.58. The molecule has 1 aliphatic rings. The Morgan fingerprint density at radius 1 is 1.09 bits per heavy atom. The number of nitrogens with zero attached hydrogens (tertiary/aromatic N) is 2. The summed E-state index contributed by atoms with van der Waals surface area (Å²) in [6, 6.07) is 12.4. The molecule has 0 atom stereocenters. The highest BCUT2D eigenvalue weighted by atomic mass is 16.5. The molecule has 1 saturated heterocycles. The van der Waals surface area contributed by atoms with Crippen molar-refractivity contribution in [2.24, 2.45) is 0 Å². The molecule has 3 rings (SSSR count). The maximum atomic E-state index is 5.82. The number of hydrogen-bond acceptors (Lipinski definition) is 4. The first kappa shape index (κ1) is 16.0. The van der Waals surface area contributed by atoms with Crippen LogP contribution in [0.3, 0.4) is 0 Å². The average molecular weight is 311 g/mol. The largest absolute Gasteiger partial charge is 0.489 e. The van der Waals surface area contributed by atoms with Gasteiger partial charge in [0.05, 0.1) is 0 Å². The average Bonchev–Trinajstić information content (AvgIpc) is 2.54. The first-order valence-electron chi connectivity index (χ1n) is 8.19. The van der Waals surface area contributed by atoms with Gasteiger partial charge >= 0.3 is 0 Å². The van der Waals surface area contributed by atoms with E-state index in [1.807, 2.05) is 12.1 Å². The van der Waals surface area contributed by atoms with E-state index < -0.39 is 0 Å². The smallest absolute Gasteiger partial charge is 0.119 e. The third-order valence-electron chi connectivity index (χ3n) is 4.13. The van der Waals surface area contributed by atoms with E-state index in [2.05, 4.69) is 53.3 Å². The van der Waals surface area contributed by atoms with Gasteiger partial charge in [-0.15, -0.1) is 0 Å². The van der Waals surface area contributed by atoms with Gasteiger partial charge < -0.3 is 10.1 Å². The normalized spacial score (nSPS) is 17.8. The van der Waals surface area contributed by atoms with Crippen molar-refractivity contribution in [3.05, 3.63) is 59.9 Å². The Hall–Kier alpha value is -1.91. The van der Waals surface area contributed by atoms with E-state index in [1.165, 1.54) is 5.56 Å². The standard InChI is InChI=1S/C19H25N3O/c1-19(2)15-22(12-11-21-19)13-16-3-5-18(6-4-16)23-14-17-7-9-20-10-8-17/h3-10,21H,11-15H2,1-2H3. The van der Waals surface area contributed by atoms with E-state index in [9.17, 15) is 0 Å². The quantitative estimate of drug-likeness (QED) is 0.921. The number of hydrogen-bond donors (Lipinski definition) is 1. The molecule has 4 nitrogen and oxygen atoms in total. The highest BCUT2D eigenvalue weighted by molar-refractivity contribution is 5.27. The molecule has 1 aromatic heterocycles. The van der Waals surface area contributed by atoms with Gasteiger partial charge in [0, 0.05) is 44.1 Å². The van der Waals surface area contributed by atoms with Gasteiger partial charge in [-0.2, -0.15) is 0 Å². The van der Waals surface area contributed by atoms with Gasteiger partial charge in [-0.05, 0) is 49.2 Å². The lowest BCUT2D eigenvalue weighted by atomic mass is 10.0. The molecule has 1 N–H and O–H groups in total. The predicted molar refractivity (Wildman–Crippen MR) is 92.4 cm³/mol. The SMILES string of the molecule is CC1(C)CN(Cc2ccc(OCc3ccncc3)cc2)CCN1. The highest BCUT2D eigenvalue weighted by Gasteiger charge is 2.25. The van der Waals surface area contributed by atoms with Crippen LogP contribution < -0.4 is 10.1 Å². The first-order valence-corrected chi connectivity index (χ1v) is 8.19. The Kier molecular flexibility index (Phi) is 4.94. The molecule has 2 heterocycles. The molecule has 1 aliphatic heterocycles. The van der Waals surface area contributed by atoms with Crippen LogP contribution in [0.1, 0.15) is 25.0 Å². The number of nitrogens with one attached hydrogen (secondary N) is 1. The number of benzene rings is 1. The van der Waals surface area contributed by atoms with Gasteiger partial charge in [0.2, 0.25) is 0 Å². The Balaban J connectivity index is 1.53. The van der Waals surface area contributed by atoms with E-state index in [0.29, 0.717) is 6.61 Å². The third kappa shape index (κ3) is 4.78. The summed E-state index contributed by atoms with van der Waals surface area (Å²) >= 11 is 0. The molecule has 0 aliphatic carbocycles. The summed E-state index contributed by atoms with van der Waals surface area (Å²) in [7, 11) is 0. The number of pyridine rings is 1. The van der Waals surface area contributed by atoms with Crippen molar-refractivity contribution in [3.8, 4) is 5.75 Å². The van der Waals surface area contributed by atoms with E-state index in [0.717, 1.165) is 37.5 Å². The van der Waals surface area contributed by atoms with E-state index in [4.69, 9.17) is 4.74 Å². The number of aromatic nitrogens is 1. The van der Waals surface area contributed by atoms with Gasteiger partial charge in [-0.1, -0.05) is 12.1 Å². The molecule has 0 saturated carbocycles. The van der Waals surface area contributed by atoms with Crippen molar-refractivity contribution >= 4 is 0 Å². The lowest BCUT2D eigenvalue weighted by Gasteiger charge is -2.39. The minimum Gasteiger partial charge on any atom is -0.489 e. The van der Waals surface area contributed by atoms with Gasteiger partial charge in [0.25, 0.3) is 0 Å². The van der Waals surface area contributed by atoms with Crippen molar-refractivity contribution < 1.29 is 4.74 Å². The van der Waals surface area contributed by atoms with Crippen molar-refractivity contribution in [3.63, 3.8) is 0 Å². The second-order valence-corrected chi connectivity index (χ2v) is 6.81. The first-order chi connectivity index (χ1) is 11.1. The predicted octanol–water partition coefficient (Wildman–Crippen LogP) is 2.84. The third-order valence-corrected chi connectivity index (χ3v) is 4.13. The van der Waals surface area contributed by atoms with Crippen LogP contribution in [0.15, 0.2) is 48.8 Å². The summed E-state index contributed by atoms with van der Waals surface area (Å²) in [4.78, 5) is 6.52. The van der Waals surface area contributed by atoms with Crippen LogP contribution in [-0.4, -0.2) is 35.1 Å². The van der Waals surface area contributed by atoms with Gasteiger partial charge in [0.15, 0.2) is 0 Å². The van der Waals surface area contributed by atoms with Crippen LogP contribution in [-0.2, 0) is 13.2 Å². The van der Waals surface area contributed by atoms with Crippen LogP contribution in [0, 0.1) is 0 Å². The van der Waals surface area contributed by atoms with Gasteiger partial charge in [-0.3, -0.25) is 9.88 Å². The molecule has 1 aromatic carbocycles. The Labute approximate surface area is 138 Å². The number of ether oxygens (including phenoxy) is 1. The van der Waals surface area contributed by atoms with Crippen molar-refractivity contribution in [1.29, 1.82) is 0 Å². The second-order valence-electron chi connectivity index (χ2n) is 6.81. The zero-order chi connectivity index (χ0) is 16.1. The van der Waals surface area contributed by atoms with Crippen LogP contribution in [0.2, 0.25) is 0 Å². The van der Waals surface area contributed by atoms with Crippen LogP contribution in [0.4, 0.5) is 0 Å². The van der Waals surface area contributed by atoms with Crippen molar-refractivity contribution in [2.75, 3.05) is 19.6 Å². The molecule has 0 radical (unpaired) electrons. The molecule has 0 bridgehead atoms. The summed E-state index contributed by atoms with van der Waals surface area (Å²) in [6.45, 7) is 9.32. The highest BCUT2D eigenvalue weighted by Crippen LogP contribution is 2.17. The monoisotopic (exact) mass is 311 g/mol. The number of rotatable bonds is 5. The molecule has 23 heavy (non-hydrogen) atoms. The lowest BCUT2D eigenvalue weighted by Crippen LogP contribution is -2.56. The number of piperazine rings is 1. The zero-order valence-corrected chi connectivity index (χ0v) is 14.0. The molecular weight excluding hydrogens is 286 g/mol. The summed E-state index contributed by atoms with van der Waals surface area (Å²) in [5.74, 6) is 0.909. The minimum atomic E-state index is 0.200. The van der Waals surface area contributed by atoms with E-state index in [-0.39, 0.29) is 5.54 Å². The van der Waals surface area contributed by atoms with Crippen LogP contribution >= 0.6 is 0 Å². The molecule has 0 unspecified atom stereocenters. The molecule has 0 amide bonds. The Morgan fingerprint density at radius 3 is 2.52 bits per heavy atom. The van der Waals surface area contributed by atoms with Gasteiger partial charge in [-0.25, -0.2) is 0 Å². The molecule has 2 aromatic rings. The Morgan fingerprint density at radius 2 is 1.83 bits per heavy atom. The Bertz CT molecular complexity index is 610. The van der Waals surface area contributed by atoms with E-state index in [1.54, 1.807) is 12.4 Å². The maximum absolute atomic E-state index is 5.82. The zero-order valence-electron chi connectivity index (χ0n) is 14.0. The van der Waals surface area contributed by atoms with Crippen molar-refractivity contribution in [2.45, 2.75) is 32.5 Å². The summed E-state index contributed by atoms with van der Waals surface area (Å²) in [5.41, 5.74) is 2.66. The molecule has 1 fully saturated rings. The molecular formula is C19H25N3O. The van der Waals surface area contributed by atoms with Gasteiger partial charge in [0.1, 0.15) is 12.4 Å². The maximum Gasteiger partial charge on any atom is 0.119 e. The fraction of sp³-hybridized carbons (Fsp3) is 0.421. The fourth-order valence-corrected chi connectivity index (χ4v) is 2.98. The van der Waals surface area contributed by atoms with Crippen LogP contribution in [0.25, 0.3) is 0 Å². The molecule has 4 heteroatoms. The topological polar surface area (TPSA) is 37.4 Å². The molecule has 122 valence electrons. The van der Waals surface area contributed by atoms with Crippen molar-refractivity contribution in [1.82, 2.24) is 15.2 Å². The summed E-state index contributed by atoms with van der Waals surface area (Å²) in [5, 5.41) is 3.55. The minimum absolute atomic E-state index is 0.200. The van der Waals surface area contributed by atoms with E-state index >= 15 is 0 Å². The fourth-order valence-electron chi connectivity index (χ4n) is 2.98. The summed E-state index contributed by atoms with van der Waals surface area (Å²) < 4.78 is 5.82. The van der Waals surface area contributed by atoms with Crippen LogP contribution in [0.5, 0.6) is 5.75 Å². The molecule has 0 spiro atoms. The second kappa shape index (κ2) is 7.11.